The molecule has 1 fully saturated rings. The van der Waals surface area contributed by atoms with Gasteiger partial charge in [-0.1, -0.05) is 27.7 Å². The van der Waals surface area contributed by atoms with Crippen LogP contribution in [0.3, 0.4) is 0 Å². The summed E-state index contributed by atoms with van der Waals surface area (Å²) in [6.07, 6.45) is -3.18. The van der Waals surface area contributed by atoms with Gasteiger partial charge in [0, 0.05) is 48.5 Å². The van der Waals surface area contributed by atoms with Crippen molar-refractivity contribution in [3.05, 3.63) is 46.0 Å². The summed E-state index contributed by atoms with van der Waals surface area (Å²) >= 11 is 0. The van der Waals surface area contributed by atoms with Crippen LogP contribution in [0.15, 0.2) is 23.8 Å². The molecule has 52 heavy (non-hydrogen) atoms. The second-order valence-electron chi connectivity index (χ2n) is 15.4. The van der Waals surface area contributed by atoms with Crippen LogP contribution in [0.5, 0.6) is 11.5 Å². The van der Waals surface area contributed by atoms with E-state index in [-0.39, 0.29) is 23.3 Å². The number of allylic oxidation sites excluding steroid dienone is 2. The number of aliphatic hydroxyl groups excluding tert-OH is 3. The molecule has 280 valence electrons. The summed E-state index contributed by atoms with van der Waals surface area (Å²) in [6.45, 7) is 11.5. The Hall–Kier alpha value is -4.60. The van der Waals surface area contributed by atoms with Crippen molar-refractivity contribution in [2.75, 3.05) is 0 Å². The van der Waals surface area contributed by atoms with E-state index in [4.69, 9.17) is 18.9 Å². The second kappa shape index (κ2) is 12.2. The molecule has 2 unspecified atom stereocenters. The molecule has 1 aromatic carbocycles. The molecule has 11 atom stereocenters. The summed E-state index contributed by atoms with van der Waals surface area (Å²) in [4.78, 5) is 81.4. The Morgan fingerprint density at radius 1 is 0.923 bits per heavy atom. The number of carbonyl (C=O) groups excluding carboxylic acids is 6. The number of ketones is 4. The number of aliphatic hydroxyl groups is 3. The van der Waals surface area contributed by atoms with E-state index < -0.39 is 135 Å². The first-order valence-corrected chi connectivity index (χ1v) is 17.2. The smallest absolute Gasteiger partial charge is 0.312 e. The number of phenols is 1. The van der Waals surface area contributed by atoms with E-state index in [0.29, 0.717) is 0 Å². The topological polar surface area (TPSA) is 232 Å². The van der Waals surface area contributed by atoms with Gasteiger partial charge in [0.15, 0.2) is 11.4 Å². The molecular weight excluding hydrogens is 682 g/mol. The SMILES string of the molecule is CC(=O)O[C@H]1[C@H](C)[C@H](O)[C@H](C)[C@@H](O)[C@]2(C)CC2C(=O)CC2(C)OC3=C(NC2=O)C(=O)c2c(O)c(C)c4c(c2C3=O)C(=O)[C@@](C)(O/C=C\[C@H](O)[C@H]1C)O4. The lowest BCUT2D eigenvalue weighted by molar-refractivity contribution is -0.160. The third-order valence-electron chi connectivity index (χ3n) is 11.6. The van der Waals surface area contributed by atoms with Crippen LogP contribution in [-0.2, 0) is 28.6 Å². The molecule has 3 aliphatic heterocycles. The van der Waals surface area contributed by atoms with Crippen LogP contribution < -0.4 is 10.1 Å². The Balaban J connectivity index is 1.46. The van der Waals surface area contributed by atoms with Gasteiger partial charge in [0.1, 0.15) is 29.1 Å². The van der Waals surface area contributed by atoms with Gasteiger partial charge in [-0.3, -0.25) is 28.8 Å². The van der Waals surface area contributed by atoms with E-state index in [0.717, 1.165) is 6.26 Å². The summed E-state index contributed by atoms with van der Waals surface area (Å²) in [6, 6.07) is 0. The Bertz CT molecular complexity index is 1900. The number of Topliss-reactive ketones (excluding diaryl/α,β-unsaturated/α-hetero) is 4. The molecule has 3 heterocycles. The molecule has 5 N–H and O–H groups in total. The Labute approximate surface area is 298 Å². The second-order valence-corrected chi connectivity index (χ2v) is 15.4. The largest absolute Gasteiger partial charge is 0.507 e. The number of ether oxygens (including phenoxy) is 4. The lowest BCUT2D eigenvalue weighted by atomic mass is 9.76. The van der Waals surface area contributed by atoms with Crippen LogP contribution in [0.1, 0.15) is 97.9 Å². The number of esters is 1. The van der Waals surface area contributed by atoms with Gasteiger partial charge in [0.25, 0.3) is 11.7 Å². The van der Waals surface area contributed by atoms with Crippen molar-refractivity contribution < 1.29 is 68.1 Å². The molecule has 1 aromatic rings. The van der Waals surface area contributed by atoms with Gasteiger partial charge in [-0.2, -0.15) is 0 Å². The minimum absolute atomic E-state index is 0.0676. The zero-order valence-electron chi connectivity index (χ0n) is 30.1. The summed E-state index contributed by atoms with van der Waals surface area (Å²) in [5.74, 6) is -12.1. The summed E-state index contributed by atoms with van der Waals surface area (Å²) < 4.78 is 23.1. The van der Waals surface area contributed by atoms with Crippen molar-refractivity contribution in [3.63, 3.8) is 0 Å². The maximum absolute atomic E-state index is 14.2. The normalized spacial score (nSPS) is 39.4. The summed E-state index contributed by atoms with van der Waals surface area (Å²) in [5, 5.41) is 47.7. The number of phenolic OH excluding ortho intramolecular Hbond substituents is 1. The van der Waals surface area contributed by atoms with Crippen LogP contribution in [-0.4, -0.2) is 91.2 Å². The van der Waals surface area contributed by atoms with Gasteiger partial charge in [-0.15, -0.1) is 0 Å². The average Bonchev–Trinajstić information content (AvgIpc) is 3.71. The highest BCUT2D eigenvalue weighted by molar-refractivity contribution is 6.32. The molecule has 0 aromatic heterocycles. The molecular formula is C37H43NO14. The average molecular weight is 726 g/mol. The van der Waals surface area contributed by atoms with Crippen molar-refractivity contribution in [2.24, 2.45) is 29.1 Å². The minimum Gasteiger partial charge on any atom is -0.507 e. The first-order valence-electron chi connectivity index (χ1n) is 17.2. The van der Waals surface area contributed by atoms with E-state index in [1.165, 1.54) is 33.8 Å². The van der Waals surface area contributed by atoms with Gasteiger partial charge >= 0.3 is 11.8 Å². The Kier molecular flexibility index (Phi) is 8.75. The predicted molar refractivity (Wildman–Crippen MR) is 177 cm³/mol. The monoisotopic (exact) mass is 725 g/mol. The lowest BCUT2D eigenvalue weighted by Crippen LogP contribution is -2.54. The molecule has 15 heteroatoms. The highest BCUT2D eigenvalue weighted by atomic mass is 16.7. The van der Waals surface area contributed by atoms with Crippen molar-refractivity contribution in [1.29, 1.82) is 0 Å². The van der Waals surface area contributed by atoms with E-state index in [1.807, 2.05) is 0 Å². The van der Waals surface area contributed by atoms with Crippen LogP contribution in [0.2, 0.25) is 0 Å². The van der Waals surface area contributed by atoms with E-state index in [2.05, 4.69) is 5.32 Å². The van der Waals surface area contributed by atoms with Crippen LogP contribution >= 0.6 is 0 Å². The van der Waals surface area contributed by atoms with Crippen LogP contribution in [0, 0.1) is 36.0 Å². The van der Waals surface area contributed by atoms with Gasteiger partial charge in [-0.05, 0) is 26.3 Å². The number of nitrogens with one attached hydrogen (secondary N) is 1. The molecule has 1 saturated carbocycles. The van der Waals surface area contributed by atoms with Gasteiger partial charge < -0.3 is 44.7 Å². The number of hydrogen-bond donors (Lipinski definition) is 5. The molecule has 5 aliphatic rings. The summed E-state index contributed by atoms with van der Waals surface area (Å²) in [5.41, 5.74) is -5.13. The molecule has 6 rings (SSSR count). The maximum Gasteiger partial charge on any atom is 0.312 e. The third kappa shape index (κ3) is 5.43. The number of aromatic hydroxyl groups is 1. The predicted octanol–water partition coefficient (Wildman–Crippen LogP) is 1.94. The molecule has 0 saturated heterocycles. The van der Waals surface area contributed by atoms with Gasteiger partial charge in [0.2, 0.25) is 11.6 Å². The van der Waals surface area contributed by atoms with Crippen molar-refractivity contribution in [2.45, 2.75) is 104 Å². The number of benzene rings is 1. The molecule has 2 aliphatic carbocycles. The van der Waals surface area contributed by atoms with Crippen molar-refractivity contribution in [1.82, 2.24) is 5.32 Å². The first kappa shape index (κ1) is 37.2. The highest BCUT2D eigenvalue weighted by Crippen LogP contribution is 2.58. The molecule has 0 spiro atoms. The quantitative estimate of drug-likeness (QED) is 0.261. The number of rotatable bonds is 1. The highest BCUT2D eigenvalue weighted by Gasteiger charge is 2.62. The fourth-order valence-corrected chi connectivity index (χ4v) is 8.09. The first-order chi connectivity index (χ1) is 24.1. The van der Waals surface area contributed by atoms with Crippen LogP contribution in [0.25, 0.3) is 0 Å². The molecule has 0 radical (unpaired) electrons. The Morgan fingerprint density at radius 2 is 1.58 bits per heavy atom. The van der Waals surface area contributed by atoms with Crippen molar-refractivity contribution >= 4 is 35.0 Å². The minimum atomic E-state index is -2.16. The van der Waals surface area contributed by atoms with E-state index in [9.17, 15) is 49.2 Å². The standard InChI is InChI=1S/C37H43NO14/c1-13-19(40)9-10-49-37(8)33(47)23-21-22(26(43)15(3)30(23)52-37)27(44)24-31(28(21)45)51-36(7,34(48)38-24)12-20(41)18-11-35(18,6)32(46)16(4)25(42)14(2)29(13)50-17(5)39/h9-10,13-14,16,18-19,25,29,32,40,42-43,46H,11-12H2,1-8H3,(H,38,48)/b10-9-/t13-,14-,16+,18?,19+,25+,29-,32-,35-,36?,37+/m1/s1. The Morgan fingerprint density at radius 3 is 2.21 bits per heavy atom. The zero-order valence-corrected chi connectivity index (χ0v) is 30.1. The number of carbonyl (C=O) groups is 6. The molecule has 15 nitrogen and oxygen atoms in total. The number of amides is 1. The van der Waals surface area contributed by atoms with Crippen molar-refractivity contribution in [3.8, 4) is 11.5 Å². The molecule has 1 amide bonds. The van der Waals surface area contributed by atoms with Crippen LogP contribution in [0.4, 0.5) is 0 Å². The molecule has 5 bridgehead atoms. The third-order valence-corrected chi connectivity index (χ3v) is 11.6. The maximum atomic E-state index is 14.2. The van der Waals surface area contributed by atoms with Gasteiger partial charge in [-0.25, -0.2) is 0 Å². The zero-order chi connectivity index (χ0) is 38.6. The number of fused-ring (bicyclic) bond motifs is 3. The fourth-order valence-electron chi connectivity index (χ4n) is 8.09. The van der Waals surface area contributed by atoms with Gasteiger partial charge in [0.05, 0.1) is 47.7 Å². The fraction of sp³-hybridized carbons (Fsp3) is 0.568. The van der Waals surface area contributed by atoms with E-state index >= 15 is 0 Å². The lowest BCUT2D eigenvalue weighted by Gasteiger charge is -2.38. The summed E-state index contributed by atoms with van der Waals surface area (Å²) in [7, 11) is 0. The van der Waals surface area contributed by atoms with E-state index in [1.54, 1.807) is 27.7 Å². The number of hydrogen-bond acceptors (Lipinski definition) is 14.